The lowest BCUT2D eigenvalue weighted by Crippen LogP contribution is -2.10. The predicted octanol–water partition coefficient (Wildman–Crippen LogP) is 3.84. The van der Waals surface area contributed by atoms with Crippen LogP contribution in [-0.4, -0.2) is 23.2 Å². The highest BCUT2D eigenvalue weighted by Crippen LogP contribution is 2.33. The number of fused-ring (bicyclic) bond motifs is 1. The van der Waals surface area contributed by atoms with Crippen molar-refractivity contribution in [1.29, 1.82) is 0 Å². The summed E-state index contributed by atoms with van der Waals surface area (Å²) in [5, 5.41) is 3.84. The average Bonchev–Trinajstić information content (AvgIpc) is 2.61. The highest BCUT2D eigenvalue weighted by molar-refractivity contribution is 7.18. The summed E-state index contributed by atoms with van der Waals surface area (Å²) in [5.74, 6) is 0.833. The molecular weight excluding hydrogens is 275 g/mol. The van der Waals surface area contributed by atoms with Crippen molar-refractivity contribution in [2.45, 2.75) is 32.9 Å². The van der Waals surface area contributed by atoms with E-state index in [9.17, 15) is 13.2 Å². The van der Waals surface area contributed by atoms with Crippen molar-refractivity contribution in [2.75, 3.05) is 12.4 Å². The van der Waals surface area contributed by atoms with Crippen LogP contribution in [0.1, 0.15) is 22.7 Å². The second-order valence-electron chi connectivity index (χ2n) is 4.32. The Labute approximate surface area is 112 Å². The quantitative estimate of drug-likeness (QED) is 0.932. The molecule has 0 unspecified atom stereocenters. The number of thiophene rings is 1. The molecule has 0 spiro atoms. The molecule has 0 atom stereocenters. The first-order chi connectivity index (χ1) is 8.81. The van der Waals surface area contributed by atoms with Gasteiger partial charge in [0.05, 0.1) is 11.8 Å². The third-order valence-corrected chi connectivity index (χ3v) is 4.05. The number of nitrogens with zero attached hydrogens (tertiary/aromatic N) is 2. The van der Waals surface area contributed by atoms with Gasteiger partial charge in [0.25, 0.3) is 0 Å². The summed E-state index contributed by atoms with van der Waals surface area (Å²) in [7, 11) is 1.71. The van der Waals surface area contributed by atoms with Gasteiger partial charge in [-0.1, -0.05) is 0 Å². The molecule has 19 heavy (non-hydrogen) atoms. The summed E-state index contributed by atoms with van der Waals surface area (Å²) >= 11 is 1.48. The number of aryl methyl sites for hydroxylation is 3. The molecule has 0 fully saturated rings. The minimum Gasteiger partial charge on any atom is -0.372 e. The monoisotopic (exact) mass is 289 g/mol. The maximum atomic E-state index is 12.2. The van der Waals surface area contributed by atoms with Crippen molar-refractivity contribution in [3.8, 4) is 0 Å². The van der Waals surface area contributed by atoms with E-state index in [1.165, 1.54) is 11.3 Å². The Morgan fingerprint density at radius 3 is 2.47 bits per heavy atom. The predicted molar refractivity (Wildman–Crippen MR) is 70.8 cm³/mol. The number of rotatable bonds is 3. The van der Waals surface area contributed by atoms with Gasteiger partial charge in [-0.05, 0) is 19.4 Å². The largest absolute Gasteiger partial charge is 0.389 e. The van der Waals surface area contributed by atoms with E-state index in [1.807, 2.05) is 13.8 Å². The third-order valence-electron chi connectivity index (χ3n) is 2.94. The molecule has 0 saturated carbocycles. The van der Waals surface area contributed by atoms with E-state index in [2.05, 4.69) is 15.3 Å². The van der Waals surface area contributed by atoms with Gasteiger partial charge in [0.15, 0.2) is 0 Å². The molecule has 0 aliphatic carbocycles. The number of hydrogen-bond donors (Lipinski definition) is 1. The van der Waals surface area contributed by atoms with Gasteiger partial charge in [0.1, 0.15) is 16.5 Å². The number of aromatic nitrogens is 2. The summed E-state index contributed by atoms with van der Waals surface area (Å²) in [5.41, 5.74) is 1.08. The molecule has 104 valence electrons. The first kappa shape index (κ1) is 14.0. The van der Waals surface area contributed by atoms with Crippen LogP contribution in [0.4, 0.5) is 19.0 Å². The van der Waals surface area contributed by atoms with Gasteiger partial charge >= 0.3 is 6.18 Å². The fourth-order valence-electron chi connectivity index (χ4n) is 1.84. The Morgan fingerprint density at radius 2 is 1.89 bits per heavy atom. The van der Waals surface area contributed by atoms with Crippen LogP contribution in [-0.2, 0) is 6.42 Å². The van der Waals surface area contributed by atoms with Crippen LogP contribution in [0.3, 0.4) is 0 Å². The van der Waals surface area contributed by atoms with Crippen LogP contribution in [0.25, 0.3) is 10.2 Å². The first-order valence-corrected chi connectivity index (χ1v) is 6.64. The Kier molecular flexibility index (Phi) is 3.66. The van der Waals surface area contributed by atoms with Gasteiger partial charge in [-0.25, -0.2) is 9.97 Å². The van der Waals surface area contributed by atoms with Gasteiger partial charge in [-0.3, -0.25) is 0 Å². The molecule has 7 heteroatoms. The molecule has 2 rings (SSSR count). The van der Waals surface area contributed by atoms with Crippen LogP contribution < -0.4 is 5.32 Å². The SMILES string of the molecule is CNc1nc(CCC(F)(F)F)nc2sc(C)c(C)c12. The van der Waals surface area contributed by atoms with E-state index in [0.717, 1.165) is 20.7 Å². The molecular formula is C12H14F3N3S. The second kappa shape index (κ2) is 4.96. The molecule has 0 aliphatic rings. The molecule has 0 aliphatic heterocycles. The number of anilines is 1. The summed E-state index contributed by atoms with van der Waals surface area (Å²) in [4.78, 5) is 10.3. The minimum absolute atomic E-state index is 0.190. The minimum atomic E-state index is -4.18. The van der Waals surface area contributed by atoms with Crippen LogP contribution in [0.5, 0.6) is 0 Å². The number of nitrogens with one attached hydrogen (secondary N) is 1. The van der Waals surface area contributed by atoms with E-state index in [0.29, 0.717) is 5.82 Å². The van der Waals surface area contributed by atoms with Crippen molar-refractivity contribution < 1.29 is 13.2 Å². The van der Waals surface area contributed by atoms with Gasteiger partial charge in [-0.2, -0.15) is 13.2 Å². The van der Waals surface area contributed by atoms with E-state index in [-0.39, 0.29) is 12.2 Å². The van der Waals surface area contributed by atoms with E-state index in [4.69, 9.17) is 0 Å². The van der Waals surface area contributed by atoms with Crippen LogP contribution >= 0.6 is 11.3 Å². The summed E-state index contributed by atoms with van der Waals surface area (Å²) in [6.45, 7) is 3.93. The number of halogens is 3. The lowest BCUT2D eigenvalue weighted by atomic mass is 10.2. The average molecular weight is 289 g/mol. The molecule has 2 aromatic rings. The number of hydrogen-bond acceptors (Lipinski definition) is 4. The van der Waals surface area contributed by atoms with Crippen molar-refractivity contribution in [3.63, 3.8) is 0 Å². The normalized spacial score (nSPS) is 12.1. The Morgan fingerprint density at radius 1 is 1.21 bits per heavy atom. The summed E-state index contributed by atoms with van der Waals surface area (Å²) in [6, 6.07) is 0. The molecule has 0 saturated heterocycles. The van der Waals surface area contributed by atoms with Gasteiger partial charge in [0, 0.05) is 18.3 Å². The molecule has 0 amide bonds. The lowest BCUT2D eigenvalue weighted by molar-refractivity contribution is -0.134. The molecule has 2 aromatic heterocycles. The van der Waals surface area contributed by atoms with E-state index in [1.54, 1.807) is 7.05 Å². The van der Waals surface area contributed by atoms with Crippen molar-refractivity contribution in [1.82, 2.24) is 9.97 Å². The highest BCUT2D eigenvalue weighted by atomic mass is 32.1. The smallest absolute Gasteiger partial charge is 0.372 e. The Bertz CT molecular complexity index is 604. The summed E-state index contributed by atoms with van der Waals surface area (Å²) < 4.78 is 36.7. The topological polar surface area (TPSA) is 37.8 Å². The first-order valence-electron chi connectivity index (χ1n) is 5.83. The summed E-state index contributed by atoms with van der Waals surface area (Å²) in [6.07, 6.45) is -5.27. The highest BCUT2D eigenvalue weighted by Gasteiger charge is 2.27. The van der Waals surface area contributed by atoms with Crippen LogP contribution in [0.15, 0.2) is 0 Å². The molecule has 0 aromatic carbocycles. The molecule has 3 nitrogen and oxygen atoms in total. The van der Waals surface area contributed by atoms with Gasteiger partial charge in [0.2, 0.25) is 0 Å². The zero-order valence-corrected chi connectivity index (χ0v) is 11.7. The zero-order chi connectivity index (χ0) is 14.2. The molecule has 2 heterocycles. The van der Waals surface area contributed by atoms with Crippen LogP contribution in [0.2, 0.25) is 0 Å². The maximum Gasteiger partial charge on any atom is 0.389 e. The zero-order valence-electron chi connectivity index (χ0n) is 10.9. The molecule has 0 radical (unpaired) electrons. The van der Waals surface area contributed by atoms with Crippen LogP contribution in [0, 0.1) is 13.8 Å². The maximum absolute atomic E-state index is 12.2. The van der Waals surface area contributed by atoms with Gasteiger partial charge < -0.3 is 5.32 Å². The van der Waals surface area contributed by atoms with Gasteiger partial charge in [-0.15, -0.1) is 11.3 Å². The second-order valence-corrected chi connectivity index (χ2v) is 5.52. The van der Waals surface area contributed by atoms with Crippen molar-refractivity contribution in [3.05, 3.63) is 16.3 Å². The molecule has 0 bridgehead atoms. The van der Waals surface area contributed by atoms with E-state index >= 15 is 0 Å². The Hall–Kier alpha value is -1.37. The lowest BCUT2D eigenvalue weighted by Gasteiger charge is -2.08. The fourth-order valence-corrected chi connectivity index (χ4v) is 2.89. The van der Waals surface area contributed by atoms with Crippen molar-refractivity contribution in [2.24, 2.45) is 0 Å². The fraction of sp³-hybridized carbons (Fsp3) is 0.500. The standard InChI is InChI=1S/C12H14F3N3S/c1-6-7(2)19-11-9(6)10(16-3)17-8(18-11)4-5-12(13,14)15/h4-5H2,1-3H3,(H,16,17,18). The third kappa shape index (κ3) is 2.97. The van der Waals surface area contributed by atoms with Crippen molar-refractivity contribution >= 4 is 27.4 Å². The van der Waals surface area contributed by atoms with E-state index < -0.39 is 12.6 Å². The number of alkyl halides is 3. The molecule has 1 N–H and O–H groups in total. The Balaban J connectivity index is 2.42.